The average Bonchev–Trinajstić information content (AvgIpc) is 3.89. The maximum Gasteiger partial charge on any atom is 0.243 e. The predicted molar refractivity (Wildman–Crippen MR) is 193 cm³/mol. The molecule has 3 aliphatic heterocycles. The van der Waals surface area contributed by atoms with Crippen LogP contribution in [0.4, 0.5) is 0 Å². The molecule has 3 heterocycles. The van der Waals surface area contributed by atoms with Crippen molar-refractivity contribution < 1.29 is 33.6 Å². The zero-order chi connectivity index (χ0) is 37.2. The number of ketones is 4. The lowest BCUT2D eigenvalue weighted by Crippen LogP contribution is -2.54. The number of carbonyl (C=O) groups excluding carboxylic acids is 7. The highest BCUT2D eigenvalue weighted by Crippen LogP contribution is 2.65. The van der Waals surface area contributed by atoms with Crippen LogP contribution in [0.3, 0.4) is 0 Å². The minimum atomic E-state index is -0.645. The molecule has 0 aromatic carbocycles. The number of hydrogen-bond donors (Lipinski definition) is 0. The molecule has 5 aliphatic rings. The van der Waals surface area contributed by atoms with Crippen molar-refractivity contribution in [3.05, 3.63) is 0 Å². The number of piperidine rings is 1. The number of imide groups is 1. The zero-order valence-electron chi connectivity index (χ0n) is 32.2. The molecule has 3 saturated heterocycles. The number of amides is 3. The number of hydrogen-bond acceptors (Lipinski definition) is 8. The Labute approximate surface area is 305 Å². The summed E-state index contributed by atoms with van der Waals surface area (Å²) < 4.78 is 0. The number of likely N-dealkylation sites (N-methyl/N-ethyl adjacent to an activating group) is 1. The smallest absolute Gasteiger partial charge is 0.243 e. The van der Waals surface area contributed by atoms with E-state index in [2.05, 4.69) is 13.8 Å². The highest BCUT2D eigenvalue weighted by molar-refractivity contribution is 6.38. The number of Topliss-reactive ketones (excluding diaryl/α,β-unsaturated/α-hetero) is 4. The standard InChI is InChI=1S/C41H63N3O7/c1-40(2,3)29(22-43-34(48)24-42(6)25-35(43)49)21-30(45)19-28-15-13-11-9-7-8-10-12-14-27(38(50)33(47)18-26-16-17-26)20-32(46)37-36-31(41(36,4)5)23-44(37)39(28)51/h26-29,31,36-37H,7-25H2,1-6H3/t27-,28-,29-,31+,36+,37-/m1/s1. The second kappa shape index (κ2) is 16.1. The molecule has 0 N–H and O–H groups in total. The van der Waals surface area contributed by atoms with E-state index in [4.69, 9.17) is 0 Å². The molecule has 6 atom stereocenters. The molecule has 284 valence electrons. The summed E-state index contributed by atoms with van der Waals surface area (Å²) in [6, 6.07) is -0.645. The molecule has 2 saturated carbocycles. The summed E-state index contributed by atoms with van der Waals surface area (Å²) in [6.45, 7) is 11.3. The van der Waals surface area contributed by atoms with E-state index in [1.807, 2.05) is 20.8 Å². The van der Waals surface area contributed by atoms with E-state index in [0.29, 0.717) is 25.3 Å². The van der Waals surface area contributed by atoms with Crippen LogP contribution in [0.15, 0.2) is 0 Å². The van der Waals surface area contributed by atoms with Gasteiger partial charge in [0.05, 0.1) is 19.1 Å². The van der Waals surface area contributed by atoms with Crippen molar-refractivity contribution in [2.75, 3.05) is 33.2 Å². The second-order valence-electron chi connectivity index (χ2n) is 18.5. The van der Waals surface area contributed by atoms with E-state index in [-0.39, 0.29) is 109 Å². The van der Waals surface area contributed by atoms with Crippen LogP contribution in [0.2, 0.25) is 0 Å². The van der Waals surface area contributed by atoms with Gasteiger partial charge in [-0.15, -0.1) is 0 Å². The summed E-state index contributed by atoms with van der Waals surface area (Å²) in [4.78, 5) is 99.5. The molecule has 10 heteroatoms. The van der Waals surface area contributed by atoms with Gasteiger partial charge in [-0.25, -0.2) is 0 Å². The minimum absolute atomic E-state index is 0.00559. The third kappa shape index (κ3) is 9.63. The molecule has 0 unspecified atom stereocenters. The van der Waals surface area contributed by atoms with Gasteiger partial charge in [0.1, 0.15) is 5.78 Å². The van der Waals surface area contributed by atoms with Gasteiger partial charge in [0.15, 0.2) is 11.6 Å². The van der Waals surface area contributed by atoms with Gasteiger partial charge in [0.2, 0.25) is 23.5 Å². The molecule has 0 bridgehead atoms. The summed E-state index contributed by atoms with van der Waals surface area (Å²) in [5.74, 6) is -2.59. The van der Waals surface area contributed by atoms with Crippen LogP contribution in [-0.2, 0) is 33.6 Å². The molecule has 0 aromatic rings. The van der Waals surface area contributed by atoms with E-state index < -0.39 is 23.7 Å². The molecule has 5 fully saturated rings. The second-order valence-corrected chi connectivity index (χ2v) is 18.5. The first-order chi connectivity index (χ1) is 24.0. The van der Waals surface area contributed by atoms with Crippen LogP contribution in [-0.4, -0.2) is 94.8 Å². The fourth-order valence-electron chi connectivity index (χ4n) is 9.23. The molecule has 0 spiro atoms. The SMILES string of the molecule is CN1CC(=O)N(C[C@@H](CC(=O)C[C@H]2CCCCCCCCC[C@@H](C(=O)C(=O)CC3CC3)CC(=O)[C@@H]3[C@@H]4[C@H](CN3C2=O)C4(C)C)C(C)(C)C)C(=O)C1. The molecule has 0 radical (unpaired) electrons. The normalized spacial score (nSPS) is 30.5. The van der Waals surface area contributed by atoms with Crippen LogP contribution < -0.4 is 0 Å². The van der Waals surface area contributed by atoms with Gasteiger partial charge >= 0.3 is 0 Å². The third-order valence-corrected chi connectivity index (χ3v) is 13.0. The Balaban J connectivity index is 1.33. The van der Waals surface area contributed by atoms with E-state index in [1.54, 1.807) is 16.8 Å². The molecule has 3 amide bonds. The quantitative estimate of drug-likeness (QED) is 0.217. The van der Waals surface area contributed by atoms with Gasteiger partial charge in [-0.2, -0.15) is 0 Å². The highest BCUT2D eigenvalue weighted by Gasteiger charge is 2.69. The summed E-state index contributed by atoms with van der Waals surface area (Å²) in [5.41, 5.74) is -0.458. The van der Waals surface area contributed by atoms with Crippen LogP contribution in [0.5, 0.6) is 0 Å². The maximum absolute atomic E-state index is 14.5. The van der Waals surface area contributed by atoms with E-state index in [1.165, 1.54) is 4.90 Å². The van der Waals surface area contributed by atoms with Crippen molar-refractivity contribution in [2.45, 2.75) is 137 Å². The number of fused-ring (bicyclic) bond motifs is 3. The van der Waals surface area contributed by atoms with Crippen molar-refractivity contribution in [1.29, 1.82) is 0 Å². The van der Waals surface area contributed by atoms with Gasteiger partial charge in [-0.3, -0.25) is 43.4 Å². The Bertz CT molecular complexity index is 1360. The van der Waals surface area contributed by atoms with Crippen molar-refractivity contribution in [3.63, 3.8) is 0 Å². The molecule has 5 rings (SSSR count). The molecule has 51 heavy (non-hydrogen) atoms. The average molecular weight is 710 g/mol. The Morgan fingerprint density at radius 2 is 1.41 bits per heavy atom. The van der Waals surface area contributed by atoms with Gasteiger partial charge in [0.25, 0.3) is 0 Å². The third-order valence-electron chi connectivity index (χ3n) is 13.0. The molecule has 0 aromatic heterocycles. The Morgan fingerprint density at radius 1 is 0.824 bits per heavy atom. The van der Waals surface area contributed by atoms with Crippen LogP contribution in [0, 0.1) is 46.3 Å². The lowest BCUT2D eigenvalue weighted by molar-refractivity contribution is -0.152. The first kappa shape index (κ1) is 39.5. The van der Waals surface area contributed by atoms with Crippen molar-refractivity contribution >= 4 is 40.9 Å². The topological polar surface area (TPSA) is 129 Å². The lowest BCUT2D eigenvalue weighted by Gasteiger charge is -2.37. The van der Waals surface area contributed by atoms with Crippen molar-refractivity contribution in [1.82, 2.24) is 14.7 Å². The van der Waals surface area contributed by atoms with Gasteiger partial charge in [-0.05, 0) is 67.2 Å². The Morgan fingerprint density at radius 3 is 2.00 bits per heavy atom. The van der Waals surface area contributed by atoms with Gasteiger partial charge in [0, 0.05) is 50.6 Å². The lowest BCUT2D eigenvalue weighted by atomic mass is 9.76. The van der Waals surface area contributed by atoms with Crippen LogP contribution >= 0.6 is 0 Å². The van der Waals surface area contributed by atoms with Crippen LogP contribution in [0.1, 0.15) is 131 Å². The monoisotopic (exact) mass is 709 g/mol. The molecule has 2 aliphatic carbocycles. The van der Waals surface area contributed by atoms with E-state index in [9.17, 15) is 33.6 Å². The summed E-state index contributed by atoms with van der Waals surface area (Å²) in [6.07, 6.45) is 10.2. The van der Waals surface area contributed by atoms with Crippen molar-refractivity contribution in [2.24, 2.45) is 46.3 Å². The van der Waals surface area contributed by atoms with Crippen LogP contribution in [0.25, 0.3) is 0 Å². The fourth-order valence-corrected chi connectivity index (χ4v) is 9.23. The Kier molecular flexibility index (Phi) is 12.5. The predicted octanol–water partition coefficient (Wildman–Crippen LogP) is 5.44. The molecule has 10 nitrogen and oxygen atoms in total. The van der Waals surface area contributed by atoms with Gasteiger partial charge < -0.3 is 4.90 Å². The first-order valence-corrected chi connectivity index (χ1v) is 19.9. The minimum Gasteiger partial charge on any atom is -0.332 e. The van der Waals surface area contributed by atoms with E-state index in [0.717, 1.165) is 57.8 Å². The van der Waals surface area contributed by atoms with E-state index >= 15 is 0 Å². The number of rotatable bonds is 10. The fraction of sp³-hybridized carbons (Fsp3) is 0.829. The number of piperazine rings is 1. The highest BCUT2D eigenvalue weighted by atomic mass is 16.2. The van der Waals surface area contributed by atoms with Gasteiger partial charge in [-0.1, -0.05) is 79.6 Å². The first-order valence-electron chi connectivity index (χ1n) is 19.9. The maximum atomic E-state index is 14.5. The number of carbonyl (C=O) groups is 7. The summed E-state index contributed by atoms with van der Waals surface area (Å²) in [5, 5.41) is 0. The van der Waals surface area contributed by atoms with Crippen molar-refractivity contribution in [3.8, 4) is 0 Å². The Hall–Kier alpha value is -2.75. The number of nitrogens with zero attached hydrogens (tertiary/aromatic N) is 3. The summed E-state index contributed by atoms with van der Waals surface area (Å²) in [7, 11) is 1.74. The molecular weight excluding hydrogens is 646 g/mol. The zero-order valence-corrected chi connectivity index (χ0v) is 32.2. The molecular formula is C41H63N3O7. The summed E-state index contributed by atoms with van der Waals surface area (Å²) >= 11 is 0. The largest absolute Gasteiger partial charge is 0.332 e.